The summed E-state index contributed by atoms with van der Waals surface area (Å²) >= 11 is 5.75. The summed E-state index contributed by atoms with van der Waals surface area (Å²) in [5.41, 5.74) is 2.25. The van der Waals surface area contributed by atoms with Crippen molar-refractivity contribution in [3.63, 3.8) is 0 Å². The van der Waals surface area contributed by atoms with Gasteiger partial charge in [-0.05, 0) is 24.3 Å². The van der Waals surface area contributed by atoms with Gasteiger partial charge in [-0.2, -0.15) is 0 Å². The summed E-state index contributed by atoms with van der Waals surface area (Å²) < 4.78 is 12.7. The maximum atomic E-state index is 12.1. The second-order valence-electron chi connectivity index (χ2n) is 4.60. The largest absolute Gasteiger partial charge is 0.486 e. The number of halogens is 1. The number of ether oxygens (including phenoxy) is 2. The van der Waals surface area contributed by atoms with Crippen molar-refractivity contribution < 1.29 is 9.47 Å². The van der Waals surface area contributed by atoms with Gasteiger partial charge in [-0.15, -0.1) is 11.6 Å². The molecule has 5 heteroatoms. The van der Waals surface area contributed by atoms with Crippen LogP contribution in [0.2, 0.25) is 0 Å². The third-order valence-electron chi connectivity index (χ3n) is 3.36. The molecule has 0 atom stereocenters. The molecule has 0 bridgehead atoms. The lowest BCUT2D eigenvalue weighted by Gasteiger charge is -2.19. The molecule has 0 N–H and O–H groups in total. The lowest BCUT2D eigenvalue weighted by molar-refractivity contribution is 0.171. The second-order valence-corrected chi connectivity index (χ2v) is 4.87. The summed E-state index contributed by atoms with van der Waals surface area (Å²) in [6.07, 6.45) is 0. The van der Waals surface area contributed by atoms with E-state index in [0.717, 1.165) is 17.0 Å². The van der Waals surface area contributed by atoms with Crippen LogP contribution in [0.5, 0.6) is 11.5 Å². The number of hydrogen-bond donors (Lipinski definition) is 0. The van der Waals surface area contributed by atoms with E-state index in [0.29, 0.717) is 24.5 Å². The van der Waals surface area contributed by atoms with Crippen molar-refractivity contribution >= 4 is 11.6 Å². The number of nitrogens with zero attached hydrogens (tertiary/aromatic N) is 1. The predicted octanol–water partition coefficient (Wildman–Crippen LogP) is 2.56. The van der Waals surface area contributed by atoms with Gasteiger partial charge in [0, 0.05) is 18.2 Å². The van der Waals surface area contributed by atoms with Crippen molar-refractivity contribution in [1.29, 1.82) is 0 Å². The number of aromatic nitrogens is 1. The molecular weight excluding hydrogens is 278 g/mol. The maximum Gasteiger partial charge on any atom is 0.255 e. The molecule has 0 unspecified atom stereocenters. The zero-order chi connectivity index (χ0) is 14.1. The molecular formula is C15H14ClNO3. The van der Waals surface area contributed by atoms with Crippen molar-refractivity contribution in [2.75, 3.05) is 13.2 Å². The first-order valence-electron chi connectivity index (χ1n) is 6.35. The van der Waals surface area contributed by atoms with Crippen LogP contribution in [-0.4, -0.2) is 17.8 Å². The number of alkyl halides is 1. The standard InChI is InChI=1S/C15H14ClNO3/c1-17-12(4-2-11(9-16)15(17)18)10-3-5-13-14(8-10)20-7-6-19-13/h2-5,8H,6-7,9H2,1H3. The summed E-state index contributed by atoms with van der Waals surface area (Å²) in [5, 5.41) is 0. The molecule has 0 amide bonds. The summed E-state index contributed by atoms with van der Waals surface area (Å²) in [4.78, 5) is 12.1. The average molecular weight is 292 g/mol. The minimum atomic E-state index is -0.0765. The van der Waals surface area contributed by atoms with Gasteiger partial charge in [-0.25, -0.2) is 0 Å². The van der Waals surface area contributed by atoms with Crippen molar-refractivity contribution in [2.45, 2.75) is 5.88 Å². The third kappa shape index (κ3) is 2.16. The molecule has 0 radical (unpaired) electrons. The van der Waals surface area contributed by atoms with Gasteiger partial charge in [-0.1, -0.05) is 6.07 Å². The first kappa shape index (κ1) is 13.1. The molecule has 0 aliphatic carbocycles. The zero-order valence-corrected chi connectivity index (χ0v) is 11.8. The van der Waals surface area contributed by atoms with Crippen LogP contribution in [0.15, 0.2) is 35.1 Å². The molecule has 0 saturated carbocycles. The van der Waals surface area contributed by atoms with Crippen LogP contribution in [0.3, 0.4) is 0 Å². The van der Waals surface area contributed by atoms with Gasteiger partial charge in [0.1, 0.15) is 13.2 Å². The van der Waals surface area contributed by atoms with Crippen molar-refractivity contribution in [3.8, 4) is 22.8 Å². The number of fused-ring (bicyclic) bond motifs is 1. The summed E-state index contributed by atoms with van der Waals surface area (Å²) in [5.74, 6) is 1.67. The number of hydrogen-bond acceptors (Lipinski definition) is 3. The van der Waals surface area contributed by atoms with Gasteiger partial charge >= 0.3 is 0 Å². The molecule has 1 aromatic heterocycles. The summed E-state index contributed by atoms with van der Waals surface area (Å²) in [7, 11) is 1.74. The Labute approximate surface area is 121 Å². The van der Waals surface area contributed by atoms with Crippen LogP contribution >= 0.6 is 11.6 Å². The summed E-state index contributed by atoms with van der Waals surface area (Å²) in [6.45, 7) is 1.11. The van der Waals surface area contributed by atoms with Crippen LogP contribution in [0, 0.1) is 0 Å². The molecule has 3 rings (SSSR count). The lowest BCUT2D eigenvalue weighted by Crippen LogP contribution is -2.21. The molecule has 1 aromatic carbocycles. The molecule has 2 heterocycles. The Bertz CT molecular complexity index is 709. The van der Waals surface area contributed by atoms with E-state index in [1.807, 2.05) is 24.3 Å². The highest BCUT2D eigenvalue weighted by Crippen LogP contribution is 2.34. The second kappa shape index (κ2) is 5.21. The number of benzene rings is 1. The van der Waals surface area contributed by atoms with Gasteiger partial charge < -0.3 is 14.0 Å². The number of pyridine rings is 1. The van der Waals surface area contributed by atoms with Gasteiger partial charge in [0.25, 0.3) is 5.56 Å². The van der Waals surface area contributed by atoms with E-state index in [9.17, 15) is 4.79 Å². The van der Waals surface area contributed by atoms with E-state index in [-0.39, 0.29) is 11.4 Å². The van der Waals surface area contributed by atoms with E-state index in [1.54, 1.807) is 17.7 Å². The molecule has 0 fully saturated rings. The Morgan fingerprint density at radius 2 is 1.90 bits per heavy atom. The molecule has 2 aromatic rings. The normalized spacial score (nSPS) is 13.3. The van der Waals surface area contributed by atoms with Gasteiger partial charge in [0.2, 0.25) is 0 Å². The maximum absolute atomic E-state index is 12.1. The van der Waals surface area contributed by atoms with E-state index in [4.69, 9.17) is 21.1 Å². The highest BCUT2D eigenvalue weighted by Gasteiger charge is 2.14. The van der Waals surface area contributed by atoms with Crippen LogP contribution in [0.4, 0.5) is 0 Å². The highest BCUT2D eigenvalue weighted by molar-refractivity contribution is 6.17. The van der Waals surface area contributed by atoms with Gasteiger partial charge in [0.15, 0.2) is 11.5 Å². The topological polar surface area (TPSA) is 40.5 Å². The SMILES string of the molecule is Cn1c(-c2ccc3c(c2)OCCO3)ccc(CCl)c1=O. The predicted molar refractivity (Wildman–Crippen MR) is 77.7 cm³/mol. The Balaban J connectivity index is 2.09. The molecule has 1 aliphatic rings. The molecule has 20 heavy (non-hydrogen) atoms. The van der Waals surface area contributed by atoms with Gasteiger partial charge in [0.05, 0.1) is 11.6 Å². The monoisotopic (exact) mass is 291 g/mol. The zero-order valence-electron chi connectivity index (χ0n) is 11.1. The minimum Gasteiger partial charge on any atom is -0.486 e. The van der Waals surface area contributed by atoms with Crippen LogP contribution in [-0.2, 0) is 12.9 Å². The van der Waals surface area contributed by atoms with Crippen molar-refractivity contribution in [3.05, 3.63) is 46.2 Å². The van der Waals surface area contributed by atoms with E-state index in [2.05, 4.69) is 0 Å². The van der Waals surface area contributed by atoms with Crippen LogP contribution in [0.1, 0.15) is 5.56 Å². The van der Waals surface area contributed by atoms with Crippen LogP contribution < -0.4 is 15.0 Å². The molecule has 104 valence electrons. The van der Waals surface area contributed by atoms with Crippen molar-refractivity contribution in [2.24, 2.45) is 7.05 Å². The lowest BCUT2D eigenvalue weighted by atomic mass is 10.1. The Morgan fingerprint density at radius 1 is 1.15 bits per heavy atom. The number of rotatable bonds is 2. The smallest absolute Gasteiger partial charge is 0.255 e. The van der Waals surface area contributed by atoms with Crippen LogP contribution in [0.25, 0.3) is 11.3 Å². The Hall–Kier alpha value is -1.94. The highest BCUT2D eigenvalue weighted by atomic mass is 35.5. The average Bonchev–Trinajstić information content (AvgIpc) is 2.49. The molecule has 0 saturated heterocycles. The van der Waals surface area contributed by atoms with Crippen molar-refractivity contribution in [1.82, 2.24) is 4.57 Å². The minimum absolute atomic E-state index is 0.0765. The third-order valence-corrected chi connectivity index (χ3v) is 3.65. The fourth-order valence-electron chi connectivity index (χ4n) is 2.28. The first-order chi connectivity index (χ1) is 9.70. The van der Waals surface area contributed by atoms with E-state index >= 15 is 0 Å². The van der Waals surface area contributed by atoms with E-state index < -0.39 is 0 Å². The Morgan fingerprint density at radius 3 is 2.65 bits per heavy atom. The fraction of sp³-hybridized carbons (Fsp3) is 0.267. The molecule has 0 spiro atoms. The molecule has 4 nitrogen and oxygen atoms in total. The van der Waals surface area contributed by atoms with E-state index in [1.165, 1.54) is 0 Å². The fourth-order valence-corrected chi connectivity index (χ4v) is 2.49. The first-order valence-corrected chi connectivity index (χ1v) is 6.89. The summed E-state index contributed by atoms with van der Waals surface area (Å²) in [6, 6.07) is 9.34. The molecule has 1 aliphatic heterocycles. The van der Waals surface area contributed by atoms with Gasteiger partial charge in [-0.3, -0.25) is 4.79 Å². The Kier molecular flexibility index (Phi) is 3.40. The quantitative estimate of drug-likeness (QED) is 0.799.